The SMILES string of the molecule is CC1CS(=O)(=O)c2ccc(Br)cc2N1C(=O)CCN. The van der Waals surface area contributed by atoms with Crippen LogP contribution in [0.25, 0.3) is 0 Å². The van der Waals surface area contributed by atoms with E-state index in [1.165, 1.54) is 11.0 Å². The van der Waals surface area contributed by atoms with Crippen molar-refractivity contribution in [1.29, 1.82) is 0 Å². The average Bonchev–Trinajstić information content (AvgIpc) is 2.27. The van der Waals surface area contributed by atoms with Gasteiger partial charge in [-0.05, 0) is 25.1 Å². The van der Waals surface area contributed by atoms with E-state index in [1.807, 2.05) is 0 Å². The number of nitrogens with zero attached hydrogens (tertiary/aromatic N) is 1. The van der Waals surface area contributed by atoms with Crippen molar-refractivity contribution >= 4 is 37.4 Å². The lowest BCUT2D eigenvalue weighted by Crippen LogP contribution is -2.47. The Bertz CT molecular complexity index is 615. The average molecular weight is 347 g/mol. The highest BCUT2D eigenvalue weighted by Crippen LogP contribution is 2.35. The zero-order valence-corrected chi connectivity index (χ0v) is 12.9. The smallest absolute Gasteiger partial charge is 0.228 e. The molecule has 1 aromatic carbocycles. The van der Waals surface area contributed by atoms with Gasteiger partial charge in [0.05, 0.1) is 16.3 Å². The molecule has 1 heterocycles. The van der Waals surface area contributed by atoms with Gasteiger partial charge in [0.2, 0.25) is 5.91 Å². The Hall–Kier alpha value is -0.920. The van der Waals surface area contributed by atoms with Gasteiger partial charge in [-0.25, -0.2) is 8.42 Å². The van der Waals surface area contributed by atoms with Gasteiger partial charge in [-0.2, -0.15) is 0 Å². The van der Waals surface area contributed by atoms with Crippen LogP contribution in [0.3, 0.4) is 0 Å². The van der Waals surface area contributed by atoms with Crippen molar-refractivity contribution < 1.29 is 13.2 Å². The van der Waals surface area contributed by atoms with Crippen LogP contribution in [-0.4, -0.2) is 32.7 Å². The molecule has 0 bridgehead atoms. The predicted molar refractivity (Wildman–Crippen MR) is 76.8 cm³/mol. The Morgan fingerprint density at radius 1 is 1.53 bits per heavy atom. The summed E-state index contributed by atoms with van der Waals surface area (Å²) in [4.78, 5) is 13.9. The maximum Gasteiger partial charge on any atom is 0.228 e. The van der Waals surface area contributed by atoms with Crippen molar-refractivity contribution in [2.24, 2.45) is 5.73 Å². The quantitative estimate of drug-likeness (QED) is 0.875. The van der Waals surface area contributed by atoms with Crippen molar-refractivity contribution in [3.63, 3.8) is 0 Å². The van der Waals surface area contributed by atoms with E-state index in [2.05, 4.69) is 15.9 Å². The summed E-state index contributed by atoms with van der Waals surface area (Å²) in [7, 11) is -3.34. The topological polar surface area (TPSA) is 80.5 Å². The number of fused-ring (bicyclic) bond motifs is 1. The molecule has 0 spiro atoms. The maximum absolute atomic E-state index is 12.1. The molecule has 1 atom stereocenters. The monoisotopic (exact) mass is 346 g/mol. The molecule has 7 heteroatoms. The molecule has 104 valence electrons. The molecule has 0 radical (unpaired) electrons. The normalized spacial score (nSPS) is 21.0. The third kappa shape index (κ3) is 2.68. The first kappa shape index (κ1) is 14.5. The molecule has 1 aliphatic heterocycles. The maximum atomic E-state index is 12.1. The number of halogens is 1. The second-order valence-electron chi connectivity index (χ2n) is 4.54. The number of amides is 1. The highest BCUT2D eigenvalue weighted by molar-refractivity contribution is 9.10. The van der Waals surface area contributed by atoms with Crippen LogP contribution >= 0.6 is 15.9 Å². The van der Waals surface area contributed by atoms with Gasteiger partial charge in [0.15, 0.2) is 9.84 Å². The molecular formula is C12H15BrN2O3S. The number of carbonyl (C=O) groups is 1. The minimum atomic E-state index is -3.34. The Kier molecular flexibility index (Phi) is 3.98. The molecular weight excluding hydrogens is 332 g/mol. The summed E-state index contributed by atoms with van der Waals surface area (Å²) in [6.07, 6.45) is 0.205. The van der Waals surface area contributed by atoms with Crippen LogP contribution < -0.4 is 10.6 Å². The molecule has 0 saturated heterocycles. The molecule has 2 N–H and O–H groups in total. The highest BCUT2D eigenvalue weighted by Gasteiger charge is 2.36. The van der Waals surface area contributed by atoms with Gasteiger partial charge >= 0.3 is 0 Å². The summed E-state index contributed by atoms with van der Waals surface area (Å²) >= 11 is 3.31. The number of rotatable bonds is 2. The van der Waals surface area contributed by atoms with Gasteiger partial charge in [-0.1, -0.05) is 15.9 Å². The first-order chi connectivity index (χ1) is 8.86. The number of hydrogen-bond acceptors (Lipinski definition) is 4. The van der Waals surface area contributed by atoms with Gasteiger partial charge < -0.3 is 10.6 Å². The molecule has 5 nitrogen and oxygen atoms in total. The minimum absolute atomic E-state index is 0.0576. The summed E-state index contributed by atoms with van der Waals surface area (Å²) < 4.78 is 25.0. The summed E-state index contributed by atoms with van der Waals surface area (Å²) in [6.45, 7) is 1.98. The molecule has 0 aromatic heterocycles. The zero-order chi connectivity index (χ0) is 14.2. The van der Waals surface area contributed by atoms with E-state index in [0.29, 0.717) is 5.69 Å². The van der Waals surface area contributed by atoms with Crippen molar-refractivity contribution in [3.8, 4) is 0 Å². The second-order valence-corrected chi connectivity index (χ2v) is 7.46. The highest BCUT2D eigenvalue weighted by atomic mass is 79.9. The fourth-order valence-corrected chi connectivity index (χ4v) is 4.35. The van der Waals surface area contributed by atoms with Gasteiger partial charge in [-0.15, -0.1) is 0 Å². The summed E-state index contributed by atoms with van der Waals surface area (Å²) in [5, 5.41) is 0. The lowest BCUT2D eigenvalue weighted by Gasteiger charge is -2.35. The molecule has 1 aliphatic rings. The molecule has 1 aromatic rings. The van der Waals surface area contributed by atoms with Crippen LogP contribution in [0.1, 0.15) is 13.3 Å². The van der Waals surface area contributed by atoms with Gasteiger partial charge in [-0.3, -0.25) is 4.79 Å². The number of benzene rings is 1. The lowest BCUT2D eigenvalue weighted by atomic mass is 10.2. The van der Waals surface area contributed by atoms with Crippen molar-refractivity contribution in [1.82, 2.24) is 0 Å². The van der Waals surface area contributed by atoms with Gasteiger partial charge in [0.25, 0.3) is 0 Å². The molecule has 1 amide bonds. The van der Waals surface area contributed by atoms with Crippen LogP contribution in [-0.2, 0) is 14.6 Å². The van der Waals surface area contributed by atoms with E-state index >= 15 is 0 Å². The zero-order valence-electron chi connectivity index (χ0n) is 10.5. The number of sulfone groups is 1. The van der Waals surface area contributed by atoms with Crippen molar-refractivity contribution in [2.75, 3.05) is 17.2 Å². The van der Waals surface area contributed by atoms with Crippen LogP contribution in [0.2, 0.25) is 0 Å². The van der Waals surface area contributed by atoms with E-state index in [-0.39, 0.29) is 35.6 Å². The Labute approximate surface area is 120 Å². The van der Waals surface area contributed by atoms with E-state index in [0.717, 1.165) is 4.47 Å². The molecule has 0 saturated carbocycles. The first-order valence-corrected chi connectivity index (χ1v) is 8.36. The van der Waals surface area contributed by atoms with Crippen molar-refractivity contribution in [2.45, 2.75) is 24.3 Å². The lowest BCUT2D eigenvalue weighted by molar-refractivity contribution is -0.118. The van der Waals surface area contributed by atoms with E-state index in [9.17, 15) is 13.2 Å². The molecule has 0 aliphatic carbocycles. The standard InChI is InChI=1S/C12H15BrN2O3S/c1-8-7-19(17,18)11-3-2-9(13)6-10(11)15(8)12(16)4-5-14/h2-3,6,8H,4-5,7,14H2,1H3. The van der Waals surface area contributed by atoms with Crippen LogP contribution in [0.5, 0.6) is 0 Å². The molecule has 0 fully saturated rings. The van der Waals surface area contributed by atoms with Crippen LogP contribution in [0.15, 0.2) is 27.6 Å². The molecule has 19 heavy (non-hydrogen) atoms. The largest absolute Gasteiger partial charge is 0.330 e. The van der Waals surface area contributed by atoms with Gasteiger partial charge in [0, 0.05) is 23.5 Å². The van der Waals surface area contributed by atoms with E-state index in [4.69, 9.17) is 5.73 Å². The van der Waals surface area contributed by atoms with Crippen LogP contribution in [0, 0.1) is 0 Å². The summed E-state index contributed by atoms with van der Waals surface area (Å²) in [6, 6.07) is 4.48. The fraction of sp³-hybridized carbons (Fsp3) is 0.417. The molecule has 2 rings (SSSR count). The first-order valence-electron chi connectivity index (χ1n) is 5.91. The third-order valence-corrected chi connectivity index (χ3v) is 5.47. The van der Waals surface area contributed by atoms with Gasteiger partial charge in [0.1, 0.15) is 0 Å². The molecule has 1 unspecified atom stereocenters. The van der Waals surface area contributed by atoms with E-state index < -0.39 is 9.84 Å². The number of nitrogens with two attached hydrogens (primary N) is 1. The van der Waals surface area contributed by atoms with Crippen molar-refractivity contribution in [3.05, 3.63) is 22.7 Å². The Morgan fingerprint density at radius 3 is 2.84 bits per heavy atom. The minimum Gasteiger partial charge on any atom is -0.330 e. The predicted octanol–water partition coefficient (Wildman–Crippen LogP) is 1.31. The van der Waals surface area contributed by atoms with Crippen LogP contribution in [0.4, 0.5) is 5.69 Å². The number of anilines is 1. The number of carbonyl (C=O) groups excluding carboxylic acids is 1. The summed E-state index contributed by atoms with van der Waals surface area (Å²) in [5.74, 6) is -0.206. The second kappa shape index (κ2) is 5.22. The fourth-order valence-electron chi connectivity index (χ4n) is 2.29. The third-order valence-electron chi connectivity index (χ3n) is 3.04. The summed E-state index contributed by atoms with van der Waals surface area (Å²) in [5.41, 5.74) is 5.85. The Balaban J connectivity index is 2.59. The van der Waals surface area contributed by atoms with E-state index in [1.54, 1.807) is 19.1 Å². The number of hydrogen-bond donors (Lipinski definition) is 1. The Morgan fingerprint density at radius 2 is 2.21 bits per heavy atom.